The minimum atomic E-state index is -5.24. The predicted octanol–water partition coefficient (Wildman–Crippen LogP) is 1.78. The van der Waals surface area contributed by atoms with E-state index in [1.807, 2.05) is 5.32 Å². The van der Waals surface area contributed by atoms with Gasteiger partial charge in [0.25, 0.3) is 17.4 Å². The molecule has 1 aromatic carbocycles. The summed E-state index contributed by atoms with van der Waals surface area (Å²) in [6.07, 6.45) is -5.24. The zero-order valence-electron chi connectivity index (χ0n) is 11.6. The van der Waals surface area contributed by atoms with E-state index in [9.17, 15) is 27.2 Å². The van der Waals surface area contributed by atoms with E-state index in [-0.39, 0.29) is 11.3 Å². The van der Waals surface area contributed by atoms with Crippen LogP contribution in [0.25, 0.3) is 0 Å². The van der Waals surface area contributed by atoms with E-state index in [0.29, 0.717) is 0 Å². The van der Waals surface area contributed by atoms with Gasteiger partial charge in [-0.3, -0.25) is 9.59 Å². The third-order valence-electron chi connectivity index (χ3n) is 3.34. The SMILES string of the molecule is CC1=C(C#N)C(NC(=O)c2ccc(F)cc2)(C(F)(F)F)C(=O)N1. The van der Waals surface area contributed by atoms with Crippen molar-refractivity contribution in [1.29, 1.82) is 5.26 Å². The molecule has 2 amide bonds. The highest BCUT2D eigenvalue weighted by Crippen LogP contribution is 2.40. The van der Waals surface area contributed by atoms with Crippen molar-refractivity contribution in [3.63, 3.8) is 0 Å². The third-order valence-corrected chi connectivity index (χ3v) is 3.34. The van der Waals surface area contributed by atoms with Crippen LogP contribution in [-0.2, 0) is 4.79 Å². The Balaban J connectivity index is 2.50. The first-order valence-corrected chi connectivity index (χ1v) is 6.21. The Labute approximate surface area is 127 Å². The second-order valence-electron chi connectivity index (χ2n) is 4.77. The van der Waals surface area contributed by atoms with Gasteiger partial charge in [0.2, 0.25) is 0 Å². The number of hydrogen-bond donors (Lipinski definition) is 2. The average Bonchev–Trinajstić information content (AvgIpc) is 2.70. The van der Waals surface area contributed by atoms with Crippen molar-refractivity contribution in [3.8, 4) is 6.07 Å². The van der Waals surface area contributed by atoms with Crippen LogP contribution in [0.15, 0.2) is 35.5 Å². The van der Waals surface area contributed by atoms with Crippen LogP contribution >= 0.6 is 0 Å². The molecule has 23 heavy (non-hydrogen) atoms. The molecule has 0 bridgehead atoms. The van der Waals surface area contributed by atoms with Crippen LogP contribution in [0, 0.1) is 17.1 Å². The van der Waals surface area contributed by atoms with Gasteiger partial charge in [0.1, 0.15) is 5.82 Å². The molecular formula is C14H9F4N3O2. The maximum Gasteiger partial charge on any atom is 0.425 e. The van der Waals surface area contributed by atoms with E-state index in [4.69, 9.17) is 5.26 Å². The number of nitrogens with one attached hydrogen (secondary N) is 2. The molecule has 0 aliphatic carbocycles. The first kappa shape index (κ1) is 16.5. The lowest BCUT2D eigenvalue weighted by Gasteiger charge is -2.30. The summed E-state index contributed by atoms with van der Waals surface area (Å²) in [6, 6.07) is 5.00. The van der Waals surface area contributed by atoms with Crippen molar-refractivity contribution in [1.82, 2.24) is 10.6 Å². The zero-order chi connectivity index (χ0) is 17.4. The Morgan fingerprint density at radius 2 is 1.87 bits per heavy atom. The Morgan fingerprint density at radius 3 is 2.35 bits per heavy atom. The lowest BCUT2D eigenvalue weighted by atomic mass is 9.90. The highest BCUT2D eigenvalue weighted by atomic mass is 19.4. The number of rotatable bonds is 2. The van der Waals surface area contributed by atoms with Crippen molar-refractivity contribution >= 4 is 11.8 Å². The van der Waals surface area contributed by atoms with Crippen LogP contribution in [0.2, 0.25) is 0 Å². The van der Waals surface area contributed by atoms with Gasteiger partial charge < -0.3 is 10.6 Å². The summed E-state index contributed by atoms with van der Waals surface area (Å²) in [5.74, 6) is -3.52. The molecule has 0 spiro atoms. The maximum atomic E-state index is 13.5. The van der Waals surface area contributed by atoms with E-state index < -0.39 is 34.9 Å². The van der Waals surface area contributed by atoms with Crippen molar-refractivity contribution < 1.29 is 27.2 Å². The summed E-state index contributed by atoms with van der Waals surface area (Å²) in [7, 11) is 0. The van der Waals surface area contributed by atoms with Gasteiger partial charge in [0.15, 0.2) is 0 Å². The van der Waals surface area contributed by atoms with E-state index in [2.05, 4.69) is 0 Å². The Hall–Kier alpha value is -2.89. The van der Waals surface area contributed by atoms with Crippen molar-refractivity contribution in [2.24, 2.45) is 0 Å². The second-order valence-corrected chi connectivity index (χ2v) is 4.77. The summed E-state index contributed by atoms with van der Waals surface area (Å²) in [5.41, 5.74) is -5.00. The average molecular weight is 327 g/mol. The molecule has 5 nitrogen and oxygen atoms in total. The molecule has 2 rings (SSSR count). The number of halogens is 4. The number of carbonyl (C=O) groups excluding carboxylic acids is 2. The molecule has 0 fully saturated rings. The standard InChI is InChI=1S/C14H9F4N3O2/c1-7-10(6-19)13(12(23)20-7,14(16,17)18)21-11(22)8-2-4-9(15)5-3-8/h2-5H,1H3,(H,20,23)(H,21,22). The molecule has 1 aliphatic rings. The van der Waals surface area contributed by atoms with Gasteiger partial charge in [0.05, 0.1) is 11.6 Å². The smallest absolute Gasteiger partial charge is 0.326 e. The largest absolute Gasteiger partial charge is 0.425 e. The monoisotopic (exact) mass is 327 g/mol. The first-order chi connectivity index (χ1) is 10.6. The van der Waals surface area contributed by atoms with Crippen LogP contribution in [0.1, 0.15) is 17.3 Å². The quantitative estimate of drug-likeness (QED) is 0.813. The molecule has 1 aromatic rings. The first-order valence-electron chi connectivity index (χ1n) is 6.21. The fourth-order valence-corrected chi connectivity index (χ4v) is 2.19. The van der Waals surface area contributed by atoms with E-state index in [1.54, 1.807) is 5.32 Å². The fraction of sp³-hybridized carbons (Fsp3) is 0.214. The molecule has 0 radical (unpaired) electrons. The predicted molar refractivity (Wildman–Crippen MR) is 69.1 cm³/mol. The van der Waals surface area contributed by atoms with E-state index >= 15 is 0 Å². The van der Waals surface area contributed by atoms with E-state index in [1.165, 1.54) is 6.07 Å². The molecule has 2 N–H and O–H groups in total. The number of alkyl halides is 3. The Bertz CT molecular complexity index is 747. The summed E-state index contributed by atoms with van der Waals surface area (Å²) in [4.78, 5) is 23.9. The summed E-state index contributed by atoms with van der Waals surface area (Å²) >= 11 is 0. The third kappa shape index (κ3) is 2.52. The van der Waals surface area contributed by atoms with Crippen LogP contribution in [0.5, 0.6) is 0 Å². The summed E-state index contributed by atoms with van der Waals surface area (Å²) in [6.45, 7) is 1.12. The van der Waals surface area contributed by atoms with Gasteiger partial charge in [0, 0.05) is 11.3 Å². The minimum absolute atomic E-state index is 0.287. The van der Waals surface area contributed by atoms with Crippen LogP contribution in [0.4, 0.5) is 17.6 Å². The fourth-order valence-electron chi connectivity index (χ4n) is 2.19. The second kappa shape index (κ2) is 5.39. The number of hydrogen-bond acceptors (Lipinski definition) is 3. The van der Waals surface area contributed by atoms with Crippen molar-refractivity contribution in [3.05, 3.63) is 46.9 Å². The summed E-state index contributed by atoms with van der Waals surface area (Å²) in [5, 5.41) is 12.4. The summed E-state index contributed by atoms with van der Waals surface area (Å²) < 4.78 is 53.3. The minimum Gasteiger partial charge on any atom is -0.326 e. The highest BCUT2D eigenvalue weighted by Gasteiger charge is 2.67. The molecule has 0 aromatic heterocycles. The lowest BCUT2D eigenvalue weighted by molar-refractivity contribution is -0.184. The topological polar surface area (TPSA) is 82.0 Å². The van der Waals surface area contributed by atoms with Crippen molar-refractivity contribution in [2.75, 3.05) is 0 Å². The van der Waals surface area contributed by atoms with Gasteiger partial charge in [-0.25, -0.2) is 4.39 Å². The number of benzene rings is 1. The highest BCUT2D eigenvalue weighted by molar-refractivity contribution is 6.04. The van der Waals surface area contributed by atoms with Gasteiger partial charge in [-0.1, -0.05) is 0 Å². The molecular weight excluding hydrogens is 318 g/mol. The molecule has 0 saturated carbocycles. The molecule has 1 aliphatic heterocycles. The molecule has 9 heteroatoms. The van der Waals surface area contributed by atoms with Gasteiger partial charge in [-0.2, -0.15) is 18.4 Å². The van der Waals surface area contributed by atoms with Crippen molar-refractivity contribution in [2.45, 2.75) is 18.6 Å². The number of amides is 2. The zero-order valence-corrected chi connectivity index (χ0v) is 11.6. The molecule has 1 unspecified atom stereocenters. The number of carbonyl (C=O) groups is 2. The van der Waals surface area contributed by atoms with E-state index in [0.717, 1.165) is 31.2 Å². The molecule has 0 saturated heterocycles. The normalized spacial score (nSPS) is 21.0. The maximum absolute atomic E-state index is 13.5. The number of nitrogens with zero attached hydrogens (tertiary/aromatic N) is 1. The number of allylic oxidation sites excluding steroid dienone is 1. The van der Waals surface area contributed by atoms with Crippen LogP contribution < -0.4 is 10.6 Å². The number of nitriles is 1. The van der Waals surface area contributed by atoms with Gasteiger partial charge >= 0.3 is 6.18 Å². The Kier molecular flexibility index (Phi) is 3.86. The lowest BCUT2D eigenvalue weighted by Crippen LogP contribution is -2.64. The van der Waals surface area contributed by atoms with Crippen LogP contribution in [-0.4, -0.2) is 23.5 Å². The molecule has 1 atom stereocenters. The Morgan fingerprint density at radius 1 is 1.30 bits per heavy atom. The van der Waals surface area contributed by atoms with Gasteiger partial charge in [-0.15, -0.1) is 0 Å². The molecule has 1 heterocycles. The van der Waals surface area contributed by atoms with Gasteiger partial charge in [-0.05, 0) is 31.2 Å². The molecule has 120 valence electrons. The van der Waals surface area contributed by atoms with Crippen LogP contribution in [0.3, 0.4) is 0 Å².